The maximum absolute atomic E-state index is 3.71. The first-order valence-electron chi connectivity index (χ1n) is 6.73. The van der Waals surface area contributed by atoms with Crippen LogP contribution in [0.5, 0.6) is 0 Å². The van der Waals surface area contributed by atoms with Crippen molar-refractivity contribution in [3.8, 4) is 0 Å². The Bertz CT molecular complexity index is 159. The van der Waals surface area contributed by atoms with E-state index in [1.54, 1.807) is 0 Å². The largest absolute Gasteiger partial charge is 0.314 e. The molecule has 16 heavy (non-hydrogen) atoms. The molecule has 0 aliphatic carbocycles. The summed E-state index contributed by atoms with van der Waals surface area (Å²) in [6, 6.07) is 0.701. The molecule has 0 aliphatic rings. The summed E-state index contributed by atoms with van der Waals surface area (Å²) >= 11 is 0. The van der Waals surface area contributed by atoms with E-state index in [1.807, 2.05) is 0 Å². The highest BCUT2D eigenvalue weighted by Gasteiger charge is 2.17. The topological polar surface area (TPSA) is 15.3 Å². The van der Waals surface area contributed by atoms with Crippen LogP contribution in [0.3, 0.4) is 0 Å². The van der Waals surface area contributed by atoms with Crippen LogP contribution >= 0.6 is 0 Å². The monoisotopic (exact) mass is 228 g/mol. The molecule has 0 aromatic heterocycles. The second kappa shape index (κ2) is 8.08. The smallest absolute Gasteiger partial charge is 0.00719 e. The predicted octanol–water partition coefficient (Wildman–Crippen LogP) is 3.13. The van der Waals surface area contributed by atoms with E-state index < -0.39 is 0 Å². The molecule has 2 heteroatoms. The second-order valence-electron chi connectivity index (χ2n) is 6.36. The summed E-state index contributed by atoms with van der Waals surface area (Å²) in [4.78, 5) is 2.25. The fourth-order valence-corrected chi connectivity index (χ4v) is 2.07. The molecule has 0 spiro atoms. The summed E-state index contributed by atoms with van der Waals surface area (Å²) in [5, 5.41) is 3.71. The summed E-state index contributed by atoms with van der Waals surface area (Å²) in [6.45, 7) is 11.6. The average molecular weight is 228 g/mol. The lowest BCUT2D eigenvalue weighted by atomic mass is 9.86. The summed E-state index contributed by atoms with van der Waals surface area (Å²) in [6.07, 6.45) is 5.11. The lowest BCUT2D eigenvalue weighted by Crippen LogP contribution is -2.34. The lowest BCUT2D eigenvalue weighted by molar-refractivity contribution is 0.291. The van der Waals surface area contributed by atoms with Gasteiger partial charge >= 0.3 is 0 Å². The Kier molecular flexibility index (Phi) is 8.04. The molecule has 1 atom stereocenters. The van der Waals surface area contributed by atoms with E-state index in [-0.39, 0.29) is 0 Å². The Morgan fingerprint density at radius 3 is 2.25 bits per heavy atom. The number of nitrogens with one attached hydrogen (secondary N) is 1. The summed E-state index contributed by atoms with van der Waals surface area (Å²) in [7, 11) is 4.28. The molecule has 0 radical (unpaired) electrons. The van der Waals surface area contributed by atoms with Crippen LogP contribution in [0.15, 0.2) is 0 Å². The van der Waals surface area contributed by atoms with Crippen LogP contribution in [-0.4, -0.2) is 38.1 Å². The maximum Gasteiger partial charge on any atom is 0.00719 e. The normalized spacial score (nSPS) is 14.4. The van der Waals surface area contributed by atoms with Crippen molar-refractivity contribution in [3.05, 3.63) is 0 Å². The highest BCUT2D eigenvalue weighted by molar-refractivity contribution is 4.74. The molecule has 1 N–H and O–H groups in total. The van der Waals surface area contributed by atoms with Gasteiger partial charge in [0.25, 0.3) is 0 Å². The van der Waals surface area contributed by atoms with Crippen molar-refractivity contribution in [2.24, 2.45) is 5.41 Å². The van der Waals surface area contributed by atoms with Gasteiger partial charge in [0.2, 0.25) is 0 Å². The number of rotatable bonds is 8. The molecule has 2 nitrogen and oxygen atoms in total. The Morgan fingerprint density at radius 2 is 1.81 bits per heavy atom. The number of hydrogen-bond donors (Lipinski definition) is 1. The minimum absolute atomic E-state index is 0.439. The minimum atomic E-state index is 0.439. The Balaban J connectivity index is 3.76. The molecule has 98 valence electrons. The van der Waals surface area contributed by atoms with Crippen LogP contribution in [0.4, 0.5) is 0 Å². The first-order chi connectivity index (χ1) is 7.35. The van der Waals surface area contributed by atoms with Gasteiger partial charge in [-0.2, -0.15) is 0 Å². The molecule has 0 heterocycles. The van der Waals surface area contributed by atoms with Gasteiger partial charge in [-0.15, -0.1) is 0 Å². The van der Waals surface area contributed by atoms with Crippen LogP contribution < -0.4 is 5.32 Å². The molecule has 0 bridgehead atoms. The van der Waals surface area contributed by atoms with Crippen molar-refractivity contribution in [2.45, 2.75) is 59.4 Å². The lowest BCUT2D eigenvalue weighted by Gasteiger charge is -2.27. The van der Waals surface area contributed by atoms with E-state index in [2.05, 4.69) is 52.0 Å². The zero-order chi connectivity index (χ0) is 12.6. The molecule has 0 amide bonds. The third-order valence-corrected chi connectivity index (χ3v) is 2.71. The summed E-state index contributed by atoms with van der Waals surface area (Å²) in [5.41, 5.74) is 0.439. The average Bonchev–Trinajstić information content (AvgIpc) is 2.09. The molecule has 0 fully saturated rings. The van der Waals surface area contributed by atoms with Gasteiger partial charge in [0.05, 0.1) is 0 Å². The Morgan fingerprint density at radius 1 is 1.19 bits per heavy atom. The third-order valence-electron chi connectivity index (χ3n) is 2.71. The molecule has 0 aromatic rings. The van der Waals surface area contributed by atoms with Crippen LogP contribution in [0.1, 0.15) is 53.4 Å². The van der Waals surface area contributed by atoms with E-state index in [0.717, 1.165) is 6.54 Å². The van der Waals surface area contributed by atoms with Crippen LogP contribution in [0, 0.1) is 5.41 Å². The number of nitrogens with zero attached hydrogens (tertiary/aromatic N) is 1. The van der Waals surface area contributed by atoms with Crippen LogP contribution in [0.2, 0.25) is 0 Å². The fraction of sp³-hybridized carbons (Fsp3) is 1.00. The zero-order valence-corrected chi connectivity index (χ0v) is 12.3. The highest BCUT2D eigenvalue weighted by Crippen LogP contribution is 2.22. The van der Waals surface area contributed by atoms with Crippen molar-refractivity contribution in [3.63, 3.8) is 0 Å². The SMILES string of the molecule is CCCC(CC(C)(C)C)NCCCN(C)C. The van der Waals surface area contributed by atoms with Crippen LogP contribution in [-0.2, 0) is 0 Å². The highest BCUT2D eigenvalue weighted by atomic mass is 15.1. The molecule has 0 saturated carbocycles. The number of hydrogen-bond acceptors (Lipinski definition) is 2. The first kappa shape index (κ1) is 15.9. The molecular weight excluding hydrogens is 196 g/mol. The van der Waals surface area contributed by atoms with Gasteiger partial charge in [0.15, 0.2) is 0 Å². The maximum atomic E-state index is 3.71. The quantitative estimate of drug-likeness (QED) is 0.642. The predicted molar refractivity (Wildman–Crippen MR) is 73.9 cm³/mol. The Labute approximate surface area is 103 Å². The molecule has 0 rings (SSSR count). The van der Waals surface area contributed by atoms with Crippen molar-refractivity contribution in [1.82, 2.24) is 10.2 Å². The van der Waals surface area contributed by atoms with Gasteiger partial charge in [-0.25, -0.2) is 0 Å². The standard InChI is InChI=1S/C14H32N2/c1-7-9-13(12-14(2,3)4)15-10-8-11-16(5)6/h13,15H,7-12H2,1-6H3. The summed E-state index contributed by atoms with van der Waals surface area (Å²) in [5.74, 6) is 0. The first-order valence-corrected chi connectivity index (χ1v) is 6.73. The van der Waals surface area contributed by atoms with E-state index >= 15 is 0 Å². The van der Waals surface area contributed by atoms with E-state index in [0.29, 0.717) is 11.5 Å². The molecular formula is C14H32N2. The van der Waals surface area contributed by atoms with Gasteiger partial charge in [0, 0.05) is 6.04 Å². The fourth-order valence-electron chi connectivity index (χ4n) is 2.07. The molecule has 0 aliphatic heterocycles. The van der Waals surface area contributed by atoms with Gasteiger partial charge < -0.3 is 10.2 Å². The molecule has 0 aromatic carbocycles. The third kappa shape index (κ3) is 10.4. The van der Waals surface area contributed by atoms with Crippen LogP contribution in [0.25, 0.3) is 0 Å². The Hall–Kier alpha value is -0.0800. The minimum Gasteiger partial charge on any atom is -0.314 e. The van der Waals surface area contributed by atoms with Gasteiger partial charge in [-0.3, -0.25) is 0 Å². The van der Waals surface area contributed by atoms with Gasteiger partial charge in [0.1, 0.15) is 0 Å². The van der Waals surface area contributed by atoms with Crippen molar-refractivity contribution < 1.29 is 0 Å². The van der Waals surface area contributed by atoms with E-state index in [9.17, 15) is 0 Å². The van der Waals surface area contributed by atoms with Gasteiger partial charge in [-0.05, 0) is 51.9 Å². The zero-order valence-electron chi connectivity index (χ0n) is 12.3. The van der Waals surface area contributed by atoms with E-state index in [1.165, 1.54) is 32.2 Å². The molecule has 1 unspecified atom stereocenters. The van der Waals surface area contributed by atoms with Crippen molar-refractivity contribution in [2.75, 3.05) is 27.2 Å². The van der Waals surface area contributed by atoms with Crippen molar-refractivity contribution >= 4 is 0 Å². The van der Waals surface area contributed by atoms with Crippen molar-refractivity contribution in [1.29, 1.82) is 0 Å². The summed E-state index contributed by atoms with van der Waals surface area (Å²) < 4.78 is 0. The van der Waals surface area contributed by atoms with E-state index in [4.69, 9.17) is 0 Å². The van der Waals surface area contributed by atoms with Gasteiger partial charge in [-0.1, -0.05) is 34.1 Å². The second-order valence-corrected chi connectivity index (χ2v) is 6.36. The molecule has 0 saturated heterocycles.